The van der Waals surface area contributed by atoms with Crippen LogP contribution >= 0.6 is 0 Å². The highest BCUT2D eigenvalue weighted by Crippen LogP contribution is 2.41. The molecular weight excluding hydrogens is 1340 g/mol. The van der Waals surface area contributed by atoms with E-state index in [1.807, 2.05) is 60.7 Å². The highest BCUT2D eigenvalue weighted by atomic mass is 16.6. The zero-order valence-electron chi connectivity index (χ0n) is 60.0. The van der Waals surface area contributed by atoms with Crippen LogP contribution in [0, 0.1) is 0 Å². The highest BCUT2D eigenvalue weighted by Gasteiger charge is 2.35. The van der Waals surface area contributed by atoms with Gasteiger partial charge in [0.05, 0.1) is 230 Å². The minimum absolute atomic E-state index is 0.00688. The molecule has 0 aliphatic heterocycles. The van der Waals surface area contributed by atoms with E-state index >= 15 is 0 Å². The molecule has 0 fully saturated rings. The molecule has 30 nitrogen and oxygen atoms in total. The molecule has 578 valence electrons. The fraction of sp³-hybridized carbons (Fsp3) is 0.639. The van der Waals surface area contributed by atoms with Gasteiger partial charge in [0.15, 0.2) is 23.0 Å². The van der Waals surface area contributed by atoms with Crippen molar-refractivity contribution in [3.8, 4) is 34.5 Å². The number of ether oxygens (including phenoxy) is 25. The Morgan fingerprint density at radius 2 is 0.559 bits per heavy atom. The first-order valence-corrected chi connectivity index (χ1v) is 34.3. The summed E-state index contributed by atoms with van der Waals surface area (Å²) in [6, 6.07) is 25.3. The van der Waals surface area contributed by atoms with Crippen LogP contribution in [0.25, 0.3) is 0 Å². The van der Waals surface area contributed by atoms with E-state index < -0.39 is 37.2 Å². The van der Waals surface area contributed by atoms with Gasteiger partial charge in [-0.25, -0.2) is 4.79 Å². The van der Waals surface area contributed by atoms with Crippen molar-refractivity contribution >= 4 is 11.9 Å². The van der Waals surface area contributed by atoms with Gasteiger partial charge in [0.1, 0.15) is 51.8 Å². The van der Waals surface area contributed by atoms with Crippen molar-refractivity contribution in [3.63, 3.8) is 0 Å². The van der Waals surface area contributed by atoms with Gasteiger partial charge in [-0.05, 0) is 35.4 Å². The monoisotopic (exact) mass is 1450 g/mol. The van der Waals surface area contributed by atoms with E-state index in [0.29, 0.717) is 132 Å². The van der Waals surface area contributed by atoms with Crippen LogP contribution in [0.3, 0.4) is 0 Å². The molecule has 102 heavy (non-hydrogen) atoms. The van der Waals surface area contributed by atoms with Crippen LogP contribution in [0.15, 0.2) is 84.9 Å². The van der Waals surface area contributed by atoms with E-state index in [1.165, 1.54) is 24.3 Å². The molecule has 30 heteroatoms. The van der Waals surface area contributed by atoms with Crippen molar-refractivity contribution in [1.82, 2.24) is 5.32 Å². The van der Waals surface area contributed by atoms with Crippen molar-refractivity contribution in [1.29, 1.82) is 0 Å². The molecule has 0 aromatic heterocycles. The Balaban J connectivity index is 1.55. The molecule has 4 aromatic rings. The summed E-state index contributed by atoms with van der Waals surface area (Å²) in [5.74, 6) is -1.25. The molecule has 4 rings (SSSR count). The summed E-state index contributed by atoms with van der Waals surface area (Å²) in [7, 11) is 6.34. The molecule has 3 N–H and O–H groups in total. The second-order valence-corrected chi connectivity index (χ2v) is 21.7. The number of methoxy groups -OCH3 is 4. The third-order valence-electron chi connectivity index (χ3n) is 13.8. The molecule has 0 saturated heterocycles. The zero-order valence-corrected chi connectivity index (χ0v) is 60.0. The van der Waals surface area contributed by atoms with Gasteiger partial charge in [0.25, 0.3) is 5.91 Å². The number of aliphatic hydroxyl groups is 2. The van der Waals surface area contributed by atoms with E-state index in [0.717, 1.165) is 11.1 Å². The Morgan fingerprint density at radius 1 is 0.314 bits per heavy atom. The van der Waals surface area contributed by atoms with Crippen LogP contribution < -0.4 is 33.7 Å². The van der Waals surface area contributed by atoms with E-state index in [1.54, 1.807) is 28.4 Å². The third-order valence-corrected chi connectivity index (χ3v) is 13.8. The summed E-state index contributed by atoms with van der Waals surface area (Å²) in [4.78, 5) is 29.0. The standard InChI is InChI=1S/C72H111NO29/c1-78-15-19-82-23-29-88-39-45-96-64-51-62(52-65(97-46-40-89-30-24-83-20-16-79-2)68(64)100-49-43-92-32-26-85-22-18-81-4)70(76)73-72(57-74,58-75)59-102-71(77)63-53-66(98-47-41-90-31-25-84-21-17-80-3)69(101-50-44-93-34-28-87-36-38-95-56-61-13-9-6-10-14-61)67(54-63)99-48-42-91-33-27-86-35-37-94-55-60-11-7-5-8-12-60/h5-14,51-54,74-75H,15-50,55-59H2,1-4H3,(H,73,76). The quantitative estimate of drug-likeness (QED) is 0.0405. The maximum Gasteiger partial charge on any atom is 0.338 e. The van der Waals surface area contributed by atoms with Gasteiger partial charge in [-0.1, -0.05) is 60.7 Å². The Bertz CT molecular complexity index is 2600. The number of hydrogen-bond donors (Lipinski definition) is 3. The Morgan fingerprint density at radius 3 is 0.833 bits per heavy atom. The third kappa shape index (κ3) is 41.9. The first-order valence-electron chi connectivity index (χ1n) is 34.3. The molecule has 0 spiro atoms. The summed E-state index contributed by atoms with van der Waals surface area (Å²) in [6.07, 6.45) is 0. The average Bonchev–Trinajstić information content (AvgIpc) is 0.808. The molecular formula is C72H111NO29. The molecule has 0 radical (unpaired) electrons. The van der Waals surface area contributed by atoms with E-state index in [2.05, 4.69) is 5.32 Å². The predicted molar refractivity (Wildman–Crippen MR) is 370 cm³/mol. The number of nitrogens with one attached hydrogen (secondary N) is 1. The van der Waals surface area contributed by atoms with Gasteiger partial charge in [-0.3, -0.25) is 4.79 Å². The number of aliphatic hydroxyl groups excluding tert-OH is 2. The van der Waals surface area contributed by atoms with Crippen molar-refractivity contribution < 1.29 is 138 Å². The van der Waals surface area contributed by atoms with Crippen LogP contribution in [0.1, 0.15) is 31.8 Å². The van der Waals surface area contributed by atoms with E-state index in [9.17, 15) is 19.8 Å². The fourth-order valence-corrected chi connectivity index (χ4v) is 8.48. The van der Waals surface area contributed by atoms with Crippen molar-refractivity contribution in [3.05, 3.63) is 107 Å². The Labute approximate surface area is 599 Å². The second kappa shape index (κ2) is 61.2. The van der Waals surface area contributed by atoms with Gasteiger partial charge < -0.3 is 134 Å². The van der Waals surface area contributed by atoms with Gasteiger partial charge in [0, 0.05) is 34.0 Å². The maximum atomic E-state index is 14.6. The lowest BCUT2D eigenvalue weighted by atomic mass is 10.0. The number of carbonyl (C=O) groups is 2. The average molecular weight is 1450 g/mol. The van der Waals surface area contributed by atoms with Crippen molar-refractivity contribution in [2.24, 2.45) is 0 Å². The zero-order chi connectivity index (χ0) is 72.7. The number of amides is 1. The van der Waals surface area contributed by atoms with E-state index in [4.69, 9.17) is 118 Å². The van der Waals surface area contributed by atoms with Gasteiger partial charge in [-0.2, -0.15) is 0 Å². The topological polar surface area (TPSA) is 317 Å². The summed E-state index contributed by atoms with van der Waals surface area (Å²) < 4.78 is 143. The van der Waals surface area contributed by atoms with Crippen LogP contribution in [0.5, 0.6) is 34.5 Å². The molecule has 0 heterocycles. The summed E-state index contributed by atoms with van der Waals surface area (Å²) in [5, 5.41) is 24.7. The Hall–Kier alpha value is -6.18. The number of carbonyl (C=O) groups excluding carboxylic acids is 2. The van der Waals surface area contributed by atoms with Gasteiger partial charge in [0.2, 0.25) is 11.5 Å². The first kappa shape index (κ1) is 88.2. The van der Waals surface area contributed by atoms with Gasteiger partial charge in [-0.15, -0.1) is 0 Å². The summed E-state index contributed by atoms with van der Waals surface area (Å²) in [5.41, 5.74) is 0.00490. The first-order chi connectivity index (χ1) is 50.3. The molecule has 0 saturated carbocycles. The molecule has 0 atom stereocenters. The SMILES string of the molecule is COCCOCCOCCOc1cc(C(=O)NC(CO)(CO)COC(=O)c2cc(OCCOCCOCCOC)c(OCCOCCOCCOCc3ccccc3)c(OCCOCCOCCOCc3ccccc3)c2)cc(OCCOCCOCCOC)c1OCCOCCOCCOC. The number of benzene rings is 4. The maximum absolute atomic E-state index is 14.6. The lowest BCUT2D eigenvalue weighted by Gasteiger charge is -2.30. The number of hydrogen-bond acceptors (Lipinski definition) is 29. The highest BCUT2D eigenvalue weighted by molar-refractivity contribution is 5.96. The lowest BCUT2D eigenvalue weighted by Crippen LogP contribution is -2.57. The molecule has 0 bridgehead atoms. The van der Waals surface area contributed by atoms with Crippen LogP contribution in [0.2, 0.25) is 0 Å². The van der Waals surface area contributed by atoms with E-state index in [-0.39, 0.29) is 165 Å². The normalized spacial score (nSPS) is 11.5. The molecule has 0 aliphatic carbocycles. The van der Waals surface area contributed by atoms with Crippen LogP contribution in [-0.2, 0) is 103 Å². The lowest BCUT2D eigenvalue weighted by molar-refractivity contribution is 0.00419. The molecule has 0 aliphatic rings. The van der Waals surface area contributed by atoms with Crippen LogP contribution in [-0.4, -0.2) is 314 Å². The summed E-state index contributed by atoms with van der Waals surface area (Å²) in [6.45, 7) is 7.52. The van der Waals surface area contributed by atoms with Crippen LogP contribution in [0.4, 0.5) is 0 Å². The Kier molecular flexibility index (Phi) is 52.9. The second-order valence-electron chi connectivity index (χ2n) is 21.7. The minimum atomic E-state index is -1.98. The molecule has 4 aromatic carbocycles. The largest absolute Gasteiger partial charge is 0.487 e. The van der Waals surface area contributed by atoms with Gasteiger partial charge >= 0.3 is 5.97 Å². The smallest absolute Gasteiger partial charge is 0.338 e. The number of esters is 1. The predicted octanol–water partition coefficient (Wildman–Crippen LogP) is 4.49. The molecule has 0 unspecified atom stereocenters. The molecule has 1 amide bonds. The van der Waals surface area contributed by atoms with Crippen molar-refractivity contribution in [2.75, 3.05) is 286 Å². The fourth-order valence-electron chi connectivity index (χ4n) is 8.48. The van der Waals surface area contributed by atoms with Crippen molar-refractivity contribution in [2.45, 2.75) is 18.8 Å². The summed E-state index contributed by atoms with van der Waals surface area (Å²) >= 11 is 0. The minimum Gasteiger partial charge on any atom is -0.487 e. The number of rotatable bonds is 71.